The lowest BCUT2D eigenvalue weighted by atomic mass is 9.49. The van der Waals surface area contributed by atoms with Crippen LogP contribution in [0, 0.1) is 22.7 Å². The third-order valence-corrected chi connectivity index (χ3v) is 25.2. The predicted molar refractivity (Wildman–Crippen MR) is 364 cm³/mol. The Morgan fingerprint density at radius 1 is 0.543 bits per heavy atom. The first kappa shape index (κ1) is 68.8. The molecule has 4 aliphatic heterocycles. The summed E-state index contributed by atoms with van der Waals surface area (Å²) in [5, 5.41) is 31.2. The molecule has 12 atom stereocenters. The molecule has 498 valence electrons. The van der Waals surface area contributed by atoms with Gasteiger partial charge in [0.05, 0.1) is 0 Å². The lowest BCUT2D eigenvalue weighted by Crippen LogP contribution is -2.70. The van der Waals surface area contributed by atoms with E-state index in [0.717, 1.165) is 38.0 Å². The van der Waals surface area contributed by atoms with Crippen molar-refractivity contribution in [2.24, 2.45) is 22.7 Å². The number of amides is 4. The molecule has 4 heterocycles. The molecule has 6 fully saturated rings. The highest BCUT2D eigenvalue weighted by Gasteiger charge is 2.66. The van der Waals surface area contributed by atoms with E-state index in [-0.39, 0.29) is 35.8 Å². The van der Waals surface area contributed by atoms with Gasteiger partial charge in [-0.1, -0.05) is 141 Å². The van der Waals surface area contributed by atoms with Crippen LogP contribution in [0.15, 0.2) is 97.1 Å². The summed E-state index contributed by atoms with van der Waals surface area (Å²) in [6.45, 7) is 31.0. The summed E-state index contributed by atoms with van der Waals surface area (Å²) in [6, 6.07) is 29.6. The van der Waals surface area contributed by atoms with E-state index in [0.29, 0.717) is 45.0 Å². The highest BCUT2D eigenvalue weighted by molar-refractivity contribution is 8.02. The number of hydrogen-bond donors (Lipinski definition) is 6. The van der Waals surface area contributed by atoms with Gasteiger partial charge in [-0.2, -0.15) is 0 Å². The van der Waals surface area contributed by atoms with Gasteiger partial charge in [0.1, 0.15) is 46.4 Å². The van der Waals surface area contributed by atoms with Gasteiger partial charge in [-0.25, -0.2) is 9.59 Å². The van der Waals surface area contributed by atoms with Crippen molar-refractivity contribution in [1.29, 1.82) is 0 Å². The number of carboxylic acid groups (broad SMARTS) is 2. The minimum atomic E-state index is -1.03. The molecular formula is C74H100N6O10S2. The van der Waals surface area contributed by atoms with Gasteiger partial charge in [0.25, 0.3) is 11.8 Å². The molecule has 12 rings (SSSR count). The van der Waals surface area contributed by atoms with Crippen LogP contribution in [0.4, 0.5) is 0 Å². The number of nitrogens with zero attached hydrogens (tertiary/aromatic N) is 2. The van der Waals surface area contributed by atoms with Crippen molar-refractivity contribution in [1.82, 2.24) is 31.1 Å². The molecule has 2 saturated carbocycles. The van der Waals surface area contributed by atoms with Crippen LogP contribution in [0.3, 0.4) is 0 Å². The van der Waals surface area contributed by atoms with Crippen LogP contribution < -0.4 is 30.7 Å². The van der Waals surface area contributed by atoms with Gasteiger partial charge in [0.15, 0.2) is 13.2 Å². The summed E-state index contributed by atoms with van der Waals surface area (Å²) in [4.78, 5) is 74.0. The summed E-state index contributed by atoms with van der Waals surface area (Å²) in [5.41, 5.74) is 11.1. The molecule has 92 heavy (non-hydrogen) atoms. The molecular weight excluding hydrogens is 1200 g/mol. The number of carbonyl (C=O) groups is 6. The van der Waals surface area contributed by atoms with Crippen LogP contribution in [-0.4, -0.2) is 139 Å². The maximum Gasteiger partial charge on any atom is 0.327 e. The van der Waals surface area contributed by atoms with Gasteiger partial charge in [0, 0.05) is 35.7 Å². The van der Waals surface area contributed by atoms with Gasteiger partial charge in [-0.3, -0.25) is 19.2 Å². The van der Waals surface area contributed by atoms with Gasteiger partial charge in [0.2, 0.25) is 11.8 Å². The molecule has 0 unspecified atom stereocenters. The summed E-state index contributed by atoms with van der Waals surface area (Å²) >= 11 is 2.78. The maximum absolute atomic E-state index is 12.2. The highest BCUT2D eigenvalue weighted by Crippen LogP contribution is 2.59. The summed E-state index contributed by atoms with van der Waals surface area (Å²) in [5.74, 6) is 0.303. The molecule has 4 amide bonds. The van der Waals surface area contributed by atoms with Crippen molar-refractivity contribution in [3.63, 3.8) is 0 Å². The number of hydrogen-bond acceptors (Lipinski definition) is 12. The Morgan fingerprint density at radius 3 is 1.26 bits per heavy atom. The Labute approximate surface area is 554 Å². The highest BCUT2D eigenvalue weighted by atomic mass is 32.2. The number of para-hydroxylation sites is 2. The average molecular weight is 1300 g/mol. The summed E-state index contributed by atoms with van der Waals surface area (Å²) in [6.07, 6.45) is 13.4. The number of carbonyl (C=O) groups excluding carboxylic acids is 4. The minimum Gasteiger partial charge on any atom is -0.484 e. The van der Waals surface area contributed by atoms with Crippen molar-refractivity contribution in [2.75, 3.05) is 39.4 Å². The van der Waals surface area contributed by atoms with Crippen molar-refractivity contribution < 1.29 is 48.5 Å². The average Bonchev–Trinajstić information content (AvgIpc) is 1.53. The first-order chi connectivity index (χ1) is 43.5. The first-order valence-electron chi connectivity index (χ1n) is 33.6. The Morgan fingerprint density at radius 2 is 0.913 bits per heavy atom. The van der Waals surface area contributed by atoms with Crippen molar-refractivity contribution in [2.45, 2.75) is 214 Å². The zero-order chi connectivity index (χ0) is 66.3. The van der Waals surface area contributed by atoms with E-state index in [9.17, 15) is 39.0 Å². The Hall–Kier alpha value is -6.08. The third-order valence-electron chi connectivity index (χ3n) is 22.1. The molecule has 0 bridgehead atoms. The fraction of sp³-hybridized carbons (Fsp3) is 0.595. The number of nitrogens with one attached hydrogen (secondary N) is 4. The number of fused-ring (bicyclic) bond motifs is 8. The molecule has 6 N–H and O–H groups in total. The van der Waals surface area contributed by atoms with E-state index in [1.807, 2.05) is 12.1 Å². The fourth-order valence-electron chi connectivity index (χ4n) is 17.4. The van der Waals surface area contributed by atoms with Crippen molar-refractivity contribution >= 4 is 59.1 Å². The monoisotopic (exact) mass is 1300 g/mol. The molecule has 4 aromatic rings. The molecule has 4 aliphatic carbocycles. The van der Waals surface area contributed by atoms with Crippen LogP contribution in [0.25, 0.3) is 0 Å². The number of rotatable bonds is 19. The van der Waals surface area contributed by atoms with Gasteiger partial charge in [-0.15, -0.1) is 23.5 Å². The lowest BCUT2D eigenvalue weighted by Gasteiger charge is -2.56. The zero-order valence-corrected chi connectivity index (χ0v) is 57.8. The topological polar surface area (TPSA) is 216 Å². The Bertz CT molecular complexity index is 3150. The number of aryl methyl sites for hydroxylation is 2. The van der Waals surface area contributed by atoms with E-state index in [1.54, 1.807) is 98.5 Å². The third kappa shape index (κ3) is 13.7. The molecule has 0 radical (unpaired) electrons. The number of thioether (sulfide) groups is 2. The number of carboxylic acids is 2. The summed E-state index contributed by atoms with van der Waals surface area (Å²) in [7, 11) is 0. The van der Waals surface area contributed by atoms with Gasteiger partial charge < -0.3 is 50.8 Å². The predicted octanol–water partition coefficient (Wildman–Crippen LogP) is 11.2. The number of aliphatic carboxylic acids is 2. The Kier molecular flexibility index (Phi) is 20.4. The minimum absolute atomic E-state index is 0.197. The number of β-lactam (4-membered cyclic amide) rings is 2. The molecule has 4 aromatic carbocycles. The van der Waals surface area contributed by atoms with Crippen LogP contribution in [0.1, 0.15) is 180 Å². The van der Waals surface area contributed by atoms with Crippen molar-refractivity contribution in [3.05, 3.63) is 130 Å². The first-order valence-corrected chi connectivity index (χ1v) is 35.4. The van der Waals surface area contributed by atoms with E-state index in [1.165, 1.54) is 109 Å². The van der Waals surface area contributed by atoms with Crippen LogP contribution >= 0.6 is 23.5 Å². The van der Waals surface area contributed by atoms with Crippen LogP contribution in [0.5, 0.6) is 11.5 Å². The second kappa shape index (κ2) is 27.3. The smallest absolute Gasteiger partial charge is 0.327 e. The van der Waals surface area contributed by atoms with E-state index in [2.05, 4.69) is 113 Å². The lowest BCUT2D eigenvalue weighted by molar-refractivity contribution is -0.161. The van der Waals surface area contributed by atoms with E-state index < -0.39 is 57.4 Å². The van der Waals surface area contributed by atoms with E-state index >= 15 is 0 Å². The second-order valence-electron chi connectivity index (χ2n) is 30.0. The number of ether oxygens (including phenoxy) is 2. The molecule has 8 aliphatic rings. The largest absolute Gasteiger partial charge is 0.484 e. The fourth-order valence-corrected chi connectivity index (χ4v) is 20.7. The Balaban J connectivity index is 0.000000164. The SMILES string of the molecule is CC(C)c1ccc2c(c1)CC[C@H]1[C@](C)(CNCCNC[C@]3(C)CCC[C@]4(C)c5ccc(C(C)C)cc5CC[C@@H]34)CCC[C@]21C.CC1(C)S[C@@H]2[C@H](NC(=O)COc3ccccc3)C(=O)N2[C@H]1C(=O)O.CC1(C)S[C@@H]2[C@H](NC(=O)COc3ccccc3)C(=O)N2[C@H]1C(=O)O. The maximum atomic E-state index is 12.2. The molecule has 0 aromatic heterocycles. The quantitative estimate of drug-likeness (QED) is 0.0381. The molecule has 18 heteroatoms. The van der Waals surface area contributed by atoms with Crippen LogP contribution in [-0.2, 0) is 52.4 Å². The standard InChI is InChI=1S/C42H64N2.2C16H18N2O5S/c1-29(2)31-11-15-35-33(25-31)13-17-37-39(5,19-9-21-41(35,37)7)27-43-23-24-44-28-40(6)20-10-22-42(8)36-16-12-32(30(3)4)26-34(36)14-18-38(40)42;2*1-16(2)12(15(21)22)18-13(20)11(14(18)24-16)17-10(19)8-23-9-6-4-3-5-7-9/h11-12,15-16,25-26,29-30,37-38,43-44H,9-10,13-14,17-24,27-28H2,1-8H3;2*3-7,11-12,14H,8H2,1-2H3,(H,17,19)(H,21,22)/t37-,38-,39-,40-,41+,42+;2*11-,12+,14-/m011/s1. The summed E-state index contributed by atoms with van der Waals surface area (Å²) < 4.78 is 9.48. The van der Waals surface area contributed by atoms with Crippen LogP contribution in [0.2, 0.25) is 0 Å². The normalized spacial score (nSPS) is 30.8. The molecule has 0 spiro atoms. The molecule has 4 saturated heterocycles. The van der Waals surface area contributed by atoms with Crippen molar-refractivity contribution in [3.8, 4) is 11.5 Å². The van der Waals surface area contributed by atoms with E-state index in [4.69, 9.17) is 9.47 Å². The number of benzene rings is 4. The van der Waals surface area contributed by atoms with Gasteiger partial charge >= 0.3 is 11.9 Å². The second-order valence-corrected chi connectivity index (χ2v) is 33.6. The molecule has 16 nitrogen and oxygen atoms in total. The zero-order valence-electron chi connectivity index (χ0n) is 56.2. The van der Waals surface area contributed by atoms with Gasteiger partial charge in [-0.05, 0) is 182 Å².